The van der Waals surface area contributed by atoms with Crippen molar-refractivity contribution in [3.8, 4) is 0 Å². The summed E-state index contributed by atoms with van der Waals surface area (Å²) in [7, 11) is 1.36. The van der Waals surface area contributed by atoms with Gasteiger partial charge in [0.2, 0.25) is 5.91 Å². The molecule has 0 aromatic heterocycles. The van der Waals surface area contributed by atoms with Crippen LogP contribution in [0, 0.1) is 11.8 Å². The van der Waals surface area contributed by atoms with E-state index in [0.29, 0.717) is 18.9 Å². The van der Waals surface area contributed by atoms with Gasteiger partial charge in [0.25, 0.3) is 0 Å². The van der Waals surface area contributed by atoms with E-state index in [0.717, 1.165) is 42.0 Å². The zero-order chi connectivity index (χ0) is 19.2. The van der Waals surface area contributed by atoms with E-state index in [1.807, 2.05) is 30.3 Å². The summed E-state index contributed by atoms with van der Waals surface area (Å²) in [5.74, 6) is 0.00780. The molecule has 0 bridgehead atoms. The highest BCUT2D eigenvalue weighted by Crippen LogP contribution is 2.28. The van der Waals surface area contributed by atoms with Crippen LogP contribution in [0.3, 0.4) is 0 Å². The van der Waals surface area contributed by atoms with E-state index in [-0.39, 0.29) is 11.8 Å². The second kappa shape index (κ2) is 9.00. The monoisotopic (exact) mass is 368 g/mol. The maximum atomic E-state index is 12.7. The van der Waals surface area contributed by atoms with Gasteiger partial charge < -0.3 is 15.8 Å². The Kier molecular flexibility index (Phi) is 6.45. The fourth-order valence-corrected chi connectivity index (χ4v) is 3.89. The molecular formula is C22H28N2O3. The normalized spacial score (nSPS) is 20.8. The van der Waals surface area contributed by atoms with Gasteiger partial charge in [-0.05, 0) is 54.5 Å². The van der Waals surface area contributed by atoms with Crippen LogP contribution in [0.15, 0.2) is 42.5 Å². The number of hydrogen-bond donors (Lipinski definition) is 2. The van der Waals surface area contributed by atoms with Crippen LogP contribution in [0.25, 0.3) is 10.8 Å². The van der Waals surface area contributed by atoms with Crippen LogP contribution in [0.2, 0.25) is 0 Å². The lowest BCUT2D eigenvalue weighted by Gasteiger charge is -2.28. The largest absolute Gasteiger partial charge is 0.467 e. The number of esters is 1. The molecule has 5 heteroatoms. The Hall–Kier alpha value is -2.40. The molecule has 2 aromatic carbocycles. The Morgan fingerprint density at radius 3 is 2.48 bits per heavy atom. The molecule has 1 aliphatic carbocycles. The molecule has 0 heterocycles. The topological polar surface area (TPSA) is 81.4 Å². The third-order valence-electron chi connectivity index (χ3n) is 5.61. The van der Waals surface area contributed by atoms with Crippen LogP contribution < -0.4 is 11.1 Å². The van der Waals surface area contributed by atoms with E-state index in [1.54, 1.807) is 0 Å². The highest BCUT2D eigenvalue weighted by molar-refractivity contribution is 5.86. The molecule has 2 aromatic rings. The molecule has 1 saturated carbocycles. The maximum Gasteiger partial charge on any atom is 0.328 e. The van der Waals surface area contributed by atoms with Crippen LogP contribution in [0.5, 0.6) is 0 Å². The molecule has 1 fully saturated rings. The summed E-state index contributed by atoms with van der Waals surface area (Å²) in [6.07, 6.45) is 4.03. The SMILES string of the molecule is COC(=O)C(Cc1ccc2ccccc2c1)NC(=O)C1CCC(CN)CC1. The van der Waals surface area contributed by atoms with Crippen LogP contribution in [0.4, 0.5) is 0 Å². The predicted octanol–water partition coefficient (Wildman–Crippen LogP) is 2.81. The van der Waals surface area contributed by atoms with E-state index in [4.69, 9.17) is 10.5 Å². The number of rotatable bonds is 6. The summed E-state index contributed by atoms with van der Waals surface area (Å²) in [6, 6.07) is 13.5. The second-order valence-corrected chi connectivity index (χ2v) is 7.42. The van der Waals surface area contributed by atoms with Crippen molar-refractivity contribution in [3.63, 3.8) is 0 Å². The van der Waals surface area contributed by atoms with E-state index in [9.17, 15) is 9.59 Å². The van der Waals surface area contributed by atoms with Crippen LogP contribution in [-0.2, 0) is 20.7 Å². The number of fused-ring (bicyclic) bond motifs is 1. The molecule has 0 radical (unpaired) electrons. The molecule has 1 unspecified atom stereocenters. The summed E-state index contributed by atoms with van der Waals surface area (Å²) in [6.45, 7) is 0.682. The van der Waals surface area contributed by atoms with Crippen molar-refractivity contribution in [2.75, 3.05) is 13.7 Å². The molecule has 1 atom stereocenters. The van der Waals surface area contributed by atoms with Crippen molar-refractivity contribution in [3.05, 3.63) is 48.0 Å². The molecule has 3 rings (SSSR count). The summed E-state index contributed by atoms with van der Waals surface area (Å²) in [5, 5.41) is 5.19. The van der Waals surface area contributed by atoms with Crippen LogP contribution in [0.1, 0.15) is 31.2 Å². The first kappa shape index (κ1) is 19.4. The third kappa shape index (κ3) is 4.86. The number of carbonyl (C=O) groups excluding carboxylic acids is 2. The molecule has 1 aliphatic rings. The van der Waals surface area contributed by atoms with Crippen molar-refractivity contribution < 1.29 is 14.3 Å². The van der Waals surface area contributed by atoms with Crippen molar-refractivity contribution in [1.82, 2.24) is 5.32 Å². The lowest BCUT2D eigenvalue weighted by molar-refractivity contribution is -0.145. The zero-order valence-electron chi connectivity index (χ0n) is 15.8. The standard InChI is InChI=1S/C22H28N2O3/c1-27-22(26)20(24-21(25)18-10-6-15(14-23)7-11-18)13-16-8-9-17-4-2-3-5-19(17)12-16/h2-5,8-9,12,15,18,20H,6-7,10-11,13-14,23H2,1H3,(H,24,25). The summed E-state index contributed by atoms with van der Waals surface area (Å²) in [5.41, 5.74) is 6.72. The minimum atomic E-state index is -0.670. The maximum absolute atomic E-state index is 12.7. The lowest BCUT2D eigenvalue weighted by Crippen LogP contribution is -2.46. The number of ether oxygens (including phenoxy) is 1. The van der Waals surface area contributed by atoms with Crippen LogP contribution >= 0.6 is 0 Å². The van der Waals surface area contributed by atoms with Crippen molar-refractivity contribution in [1.29, 1.82) is 0 Å². The minimum Gasteiger partial charge on any atom is -0.467 e. The average Bonchev–Trinajstić information content (AvgIpc) is 2.72. The smallest absolute Gasteiger partial charge is 0.328 e. The minimum absolute atomic E-state index is 0.0449. The fourth-order valence-electron chi connectivity index (χ4n) is 3.89. The Morgan fingerprint density at radius 1 is 1.11 bits per heavy atom. The Bertz CT molecular complexity index is 797. The Labute approximate surface area is 160 Å². The van der Waals surface area contributed by atoms with Gasteiger partial charge in [0.05, 0.1) is 7.11 Å². The Balaban J connectivity index is 1.68. The van der Waals surface area contributed by atoms with E-state index >= 15 is 0 Å². The van der Waals surface area contributed by atoms with Gasteiger partial charge in [0.15, 0.2) is 0 Å². The van der Waals surface area contributed by atoms with E-state index in [1.165, 1.54) is 7.11 Å². The Morgan fingerprint density at radius 2 is 1.81 bits per heavy atom. The number of nitrogens with two attached hydrogens (primary N) is 1. The van der Waals surface area contributed by atoms with E-state index in [2.05, 4.69) is 17.4 Å². The van der Waals surface area contributed by atoms with Gasteiger partial charge in [-0.2, -0.15) is 0 Å². The van der Waals surface area contributed by atoms with Gasteiger partial charge in [-0.15, -0.1) is 0 Å². The van der Waals surface area contributed by atoms with Gasteiger partial charge in [-0.25, -0.2) is 4.79 Å². The first-order chi connectivity index (χ1) is 13.1. The number of carbonyl (C=O) groups is 2. The first-order valence-corrected chi connectivity index (χ1v) is 9.66. The lowest BCUT2D eigenvalue weighted by atomic mass is 9.81. The molecule has 5 nitrogen and oxygen atoms in total. The number of benzene rings is 2. The predicted molar refractivity (Wildman–Crippen MR) is 106 cm³/mol. The second-order valence-electron chi connectivity index (χ2n) is 7.42. The summed E-state index contributed by atoms with van der Waals surface area (Å²) in [4.78, 5) is 24.9. The zero-order valence-corrected chi connectivity index (χ0v) is 15.8. The van der Waals surface area contributed by atoms with Crippen molar-refractivity contribution in [2.45, 2.75) is 38.1 Å². The molecule has 27 heavy (non-hydrogen) atoms. The summed E-state index contributed by atoms with van der Waals surface area (Å²) < 4.78 is 4.92. The first-order valence-electron chi connectivity index (χ1n) is 9.66. The fraction of sp³-hybridized carbons (Fsp3) is 0.455. The average molecular weight is 368 g/mol. The third-order valence-corrected chi connectivity index (χ3v) is 5.61. The highest BCUT2D eigenvalue weighted by Gasteiger charge is 2.29. The van der Waals surface area contributed by atoms with Gasteiger partial charge in [-0.1, -0.05) is 42.5 Å². The van der Waals surface area contributed by atoms with Gasteiger partial charge >= 0.3 is 5.97 Å². The van der Waals surface area contributed by atoms with Crippen molar-refractivity contribution >= 4 is 22.6 Å². The number of amides is 1. The van der Waals surface area contributed by atoms with Gasteiger partial charge in [0, 0.05) is 12.3 Å². The molecule has 0 aliphatic heterocycles. The molecule has 3 N–H and O–H groups in total. The molecule has 144 valence electrons. The van der Waals surface area contributed by atoms with Gasteiger partial charge in [-0.3, -0.25) is 4.79 Å². The number of methoxy groups -OCH3 is 1. The number of hydrogen-bond acceptors (Lipinski definition) is 4. The molecule has 1 amide bonds. The molecule has 0 saturated heterocycles. The summed E-state index contributed by atoms with van der Waals surface area (Å²) >= 11 is 0. The number of nitrogens with one attached hydrogen (secondary N) is 1. The highest BCUT2D eigenvalue weighted by atomic mass is 16.5. The molecule has 0 spiro atoms. The van der Waals surface area contributed by atoms with Crippen molar-refractivity contribution in [2.24, 2.45) is 17.6 Å². The van der Waals surface area contributed by atoms with Gasteiger partial charge in [0.1, 0.15) is 6.04 Å². The van der Waals surface area contributed by atoms with Crippen LogP contribution in [-0.4, -0.2) is 31.6 Å². The van der Waals surface area contributed by atoms with E-state index < -0.39 is 12.0 Å². The molecular weight excluding hydrogens is 340 g/mol. The quantitative estimate of drug-likeness (QED) is 0.768.